The normalized spacial score (nSPS) is 21.9. The Balaban J connectivity index is 2.90. The maximum Gasteiger partial charge on any atom is 0.305 e. The van der Waals surface area contributed by atoms with Crippen LogP contribution >= 0.6 is 0 Å². The van der Waals surface area contributed by atoms with Gasteiger partial charge in [-0.2, -0.15) is 0 Å². The smallest absolute Gasteiger partial charge is 0.305 e. The molecule has 1 saturated heterocycles. The molecular weight excluding hydrogens is 647 g/mol. The van der Waals surface area contributed by atoms with Gasteiger partial charge in [-0.3, -0.25) is 9.59 Å². The summed E-state index contributed by atoms with van der Waals surface area (Å²) in [6.45, 7) is 15.5. The van der Waals surface area contributed by atoms with Gasteiger partial charge in [-0.1, -0.05) is 115 Å². The van der Waals surface area contributed by atoms with Crippen molar-refractivity contribution in [1.29, 1.82) is 0 Å². The van der Waals surface area contributed by atoms with Crippen molar-refractivity contribution in [2.75, 3.05) is 33.4 Å². The maximum absolute atomic E-state index is 12.8. The Morgan fingerprint density at radius 3 is 1.69 bits per heavy atom. The SMILES string of the molecule is C=C=C=C=C1C(CCCCC)CCOC(=O)CCCCCCCC(OCCCCN(C)C(C)C)CCCCCCCC(=O)OCCC1CCCCC. The summed E-state index contributed by atoms with van der Waals surface area (Å²) in [7, 11) is 2.20. The number of rotatable bonds is 15. The Morgan fingerprint density at radius 1 is 0.712 bits per heavy atom. The molecule has 52 heavy (non-hydrogen) atoms. The number of hydrogen-bond donors (Lipinski definition) is 0. The first-order chi connectivity index (χ1) is 25.3. The van der Waals surface area contributed by atoms with Gasteiger partial charge in [0.25, 0.3) is 0 Å². The molecular formula is C46H81NO5. The molecule has 1 rings (SSSR count). The van der Waals surface area contributed by atoms with Gasteiger partial charge >= 0.3 is 11.9 Å². The number of hydrogen-bond acceptors (Lipinski definition) is 6. The van der Waals surface area contributed by atoms with E-state index in [4.69, 9.17) is 14.2 Å². The summed E-state index contributed by atoms with van der Waals surface area (Å²) in [5, 5.41) is 0. The van der Waals surface area contributed by atoms with Gasteiger partial charge in [0.2, 0.25) is 0 Å². The fourth-order valence-corrected chi connectivity index (χ4v) is 7.25. The molecule has 1 heterocycles. The lowest BCUT2D eigenvalue weighted by Gasteiger charge is -2.26. The summed E-state index contributed by atoms with van der Waals surface area (Å²) < 4.78 is 18.1. The Labute approximate surface area is 321 Å². The van der Waals surface area contributed by atoms with Crippen molar-refractivity contribution in [3.63, 3.8) is 0 Å². The van der Waals surface area contributed by atoms with Crippen molar-refractivity contribution in [2.24, 2.45) is 11.8 Å². The van der Waals surface area contributed by atoms with Crippen LogP contribution in [-0.4, -0.2) is 62.4 Å². The number of carbonyl (C=O) groups excluding carboxylic acids is 2. The first-order valence-corrected chi connectivity index (χ1v) is 21.8. The summed E-state index contributed by atoms with van der Waals surface area (Å²) in [4.78, 5) is 27.9. The van der Waals surface area contributed by atoms with E-state index in [1.807, 2.05) is 0 Å². The van der Waals surface area contributed by atoms with E-state index in [0.717, 1.165) is 122 Å². The minimum atomic E-state index is -0.0831. The third kappa shape index (κ3) is 25.8. The number of nitrogens with zero attached hydrogens (tertiary/aromatic N) is 1. The topological polar surface area (TPSA) is 65.1 Å². The van der Waals surface area contributed by atoms with Crippen LogP contribution < -0.4 is 0 Å². The molecule has 6 heteroatoms. The summed E-state index contributed by atoms with van der Waals surface area (Å²) in [6.07, 6.45) is 27.3. The highest BCUT2D eigenvalue weighted by molar-refractivity contribution is 5.69. The molecule has 0 aromatic heterocycles. The van der Waals surface area contributed by atoms with Gasteiger partial charge in [-0.15, -0.1) is 0 Å². The van der Waals surface area contributed by atoms with Crippen LogP contribution in [0.4, 0.5) is 0 Å². The molecule has 0 amide bonds. The molecule has 1 fully saturated rings. The molecule has 0 aromatic carbocycles. The maximum atomic E-state index is 12.8. The molecule has 0 spiro atoms. The fourth-order valence-electron chi connectivity index (χ4n) is 7.25. The van der Waals surface area contributed by atoms with E-state index in [-0.39, 0.29) is 23.8 Å². The van der Waals surface area contributed by atoms with E-state index in [1.165, 1.54) is 50.5 Å². The fraction of sp³-hybridized carbons (Fsp3) is 0.848. The van der Waals surface area contributed by atoms with E-state index in [2.05, 4.69) is 63.4 Å². The van der Waals surface area contributed by atoms with Crippen LogP contribution in [0.5, 0.6) is 0 Å². The predicted octanol–water partition coefficient (Wildman–Crippen LogP) is 12.2. The molecule has 1 aliphatic rings. The van der Waals surface area contributed by atoms with Crippen molar-refractivity contribution < 1.29 is 23.8 Å². The van der Waals surface area contributed by atoms with Gasteiger partial charge in [0.1, 0.15) is 0 Å². The Bertz CT molecular complexity index is 968. The third-order valence-electron chi connectivity index (χ3n) is 10.9. The zero-order chi connectivity index (χ0) is 38.1. The molecule has 0 aliphatic carbocycles. The number of carbonyl (C=O) groups is 2. The second kappa shape index (κ2) is 33.5. The number of esters is 2. The second-order valence-corrected chi connectivity index (χ2v) is 15.7. The Morgan fingerprint density at radius 2 is 1.21 bits per heavy atom. The second-order valence-electron chi connectivity index (χ2n) is 15.7. The van der Waals surface area contributed by atoms with E-state index in [9.17, 15) is 9.59 Å². The number of cyclic esters (lactones) is 2. The summed E-state index contributed by atoms with van der Waals surface area (Å²) in [5.74, 6) is 0.307. The zero-order valence-electron chi connectivity index (χ0n) is 34.7. The van der Waals surface area contributed by atoms with Crippen LogP contribution in [0.25, 0.3) is 0 Å². The first kappa shape index (κ1) is 48.0. The molecule has 2 atom stereocenters. The average Bonchev–Trinajstić information content (AvgIpc) is 3.12. The van der Waals surface area contributed by atoms with Gasteiger partial charge in [-0.25, -0.2) is 0 Å². The molecule has 300 valence electrons. The standard InChI is InChI=1S/C46H81NO5/c1-7-10-19-27-41-34-38-51-45(48)32-23-17-13-15-21-29-43(50-37-26-25-36-47(6)40(4)5)30-22-16-14-18-24-33-46(49)52-39-35-42(28-20-11-8-2)44(41)31-12-9-3/h40-43H,3,7-8,10-11,13-30,32-39H2,1-2,4-6H3. The lowest BCUT2D eigenvalue weighted by atomic mass is 9.79. The van der Waals surface area contributed by atoms with Gasteiger partial charge in [0, 0.05) is 25.5 Å². The van der Waals surface area contributed by atoms with Crippen molar-refractivity contribution >= 4 is 11.9 Å². The number of ether oxygens (including phenoxy) is 3. The molecule has 0 N–H and O–H groups in total. The summed E-state index contributed by atoms with van der Waals surface area (Å²) >= 11 is 0. The lowest BCUT2D eigenvalue weighted by Crippen LogP contribution is -2.27. The molecule has 0 bridgehead atoms. The molecule has 6 nitrogen and oxygen atoms in total. The molecule has 2 unspecified atom stereocenters. The van der Waals surface area contributed by atoms with Crippen LogP contribution in [0.3, 0.4) is 0 Å². The molecule has 0 radical (unpaired) electrons. The zero-order valence-corrected chi connectivity index (χ0v) is 34.7. The van der Waals surface area contributed by atoms with E-state index >= 15 is 0 Å². The first-order valence-electron chi connectivity index (χ1n) is 21.8. The molecule has 1 aliphatic heterocycles. The van der Waals surface area contributed by atoms with Gasteiger partial charge in [-0.05, 0) is 121 Å². The van der Waals surface area contributed by atoms with E-state index in [0.29, 0.717) is 38.2 Å². The predicted molar refractivity (Wildman–Crippen MR) is 217 cm³/mol. The van der Waals surface area contributed by atoms with Gasteiger partial charge < -0.3 is 19.1 Å². The third-order valence-corrected chi connectivity index (χ3v) is 10.9. The van der Waals surface area contributed by atoms with Crippen molar-refractivity contribution in [3.05, 3.63) is 29.3 Å². The number of unbranched alkanes of at least 4 members (excludes halogenated alkanes) is 5. The lowest BCUT2D eigenvalue weighted by molar-refractivity contribution is -0.144. The van der Waals surface area contributed by atoms with Gasteiger partial charge in [0.15, 0.2) is 0 Å². The van der Waals surface area contributed by atoms with Crippen LogP contribution in [-0.2, 0) is 23.8 Å². The Hall–Kier alpha value is -2.06. The monoisotopic (exact) mass is 728 g/mol. The van der Waals surface area contributed by atoms with Crippen LogP contribution in [0.15, 0.2) is 29.3 Å². The minimum absolute atomic E-state index is 0.0831. The largest absolute Gasteiger partial charge is 0.466 e. The summed E-state index contributed by atoms with van der Waals surface area (Å²) in [5.41, 5.74) is 10.5. The van der Waals surface area contributed by atoms with E-state index < -0.39 is 0 Å². The van der Waals surface area contributed by atoms with Crippen molar-refractivity contribution in [3.8, 4) is 0 Å². The Kier molecular flexibility index (Phi) is 30.9. The van der Waals surface area contributed by atoms with Crippen LogP contribution in [0.2, 0.25) is 0 Å². The van der Waals surface area contributed by atoms with Crippen LogP contribution in [0, 0.1) is 11.8 Å². The molecule has 0 aromatic rings. The van der Waals surface area contributed by atoms with Crippen molar-refractivity contribution in [2.45, 2.75) is 207 Å². The molecule has 0 saturated carbocycles. The highest BCUT2D eigenvalue weighted by Gasteiger charge is 2.24. The average molecular weight is 728 g/mol. The van der Waals surface area contributed by atoms with E-state index in [1.54, 1.807) is 0 Å². The van der Waals surface area contributed by atoms with Gasteiger partial charge in [0.05, 0.1) is 19.3 Å². The minimum Gasteiger partial charge on any atom is -0.466 e. The quantitative estimate of drug-likeness (QED) is 0.0950. The van der Waals surface area contributed by atoms with Crippen molar-refractivity contribution in [1.82, 2.24) is 4.90 Å². The highest BCUT2D eigenvalue weighted by Crippen LogP contribution is 2.33. The van der Waals surface area contributed by atoms with Crippen LogP contribution in [0.1, 0.15) is 195 Å². The number of allylic oxidation sites excluding steroid dienone is 1. The summed E-state index contributed by atoms with van der Waals surface area (Å²) in [6, 6.07) is 0.584. The highest BCUT2D eigenvalue weighted by atomic mass is 16.5.